The summed E-state index contributed by atoms with van der Waals surface area (Å²) in [5.74, 6) is -1.12. The highest BCUT2D eigenvalue weighted by Crippen LogP contribution is 2.24. The molecule has 0 fully saturated rings. The van der Waals surface area contributed by atoms with Crippen molar-refractivity contribution in [3.05, 3.63) is 28.5 Å². The topological polar surface area (TPSA) is 49.3 Å². The van der Waals surface area contributed by atoms with Crippen molar-refractivity contribution in [1.82, 2.24) is 0 Å². The van der Waals surface area contributed by atoms with Gasteiger partial charge in [0.1, 0.15) is 5.82 Å². The molecule has 1 aromatic carbocycles. The van der Waals surface area contributed by atoms with Crippen molar-refractivity contribution < 1.29 is 14.3 Å². The molecule has 0 saturated heterocycles. The Labute approximate surface area is 102 Å². The number of rotatable bonds is 5. The van der Waals surface area contributed by atoms with Gasteiger partial charge >= 0.3 is 5.97 Å². The Bertz CT molecular complexity index is 384. The molecule has 1 rings (SSSR count). The maximum atomic E-state index is 12.8. The fourth-order valence-electron chi connectivity index (χ4n) is 1.28. The molecule has 0 aliphatic heterocycles. The number of anilines is 1. The van der Waals surface area contributed by atoms with E-state index in [2.05, 4.69) is 21.2 Å². The van der Waals surface area contributed by atoms with Crippen LogP contribution in [0.25, 0.3) is 0 Å². The van der Waals surface area contributed by atoms with Gasteiger partial charge < -0.3 is 10.4 Å². The van der Waals surface area contributed by atoms with E-state index < -0.39 is 5.97 Å². The van der Waals surface area contributed by atoms with Crippen LogP contribution in [0.1, 0.15) is 19.8 Å². The van der Waals surface area contributed by atoms with Crippen LogP contribution in [-0.2, 0) is 4.79 Å². The number of nitrogens with one attached hydrogen (secondary N) is 1. The van der Waals surface area contributed by atoms with Crippen LogP contribution in [0.4, 0.5) is 10.1 Å². The maximum Gasteiger partial charge on any atom is 0.303 e. The molecule has 5 heteroatoms. The van der Waals surface area contributed by atoms with Gasteiger partial charge in [0.05, 0.1) is 0 Å². The summed E-state index contributed by atoms with van der Waals surface area (Å²) in [5.41, 5.74) is 0.763. The summed E-state index contributed by atoms with van der Waals surface area (Å²) in [5, 5.41) is 11.6. The number of carboxylic acid groups (broad SMARTS) is 1. The minimum absolute atomic E-state index is 0.0258. The van der Waals surface area contributed by atoms with Crippen LogP contribution >= 0.6 is 15.9 Å². The largest absolute Gasteiger partial charge is 0.481 e. The summed E-state index contributed by atoms with van der Waals surface area (Å²) < 4.78 is 13.4. The standard InChI is InChI=1S/C11H13BrFNO2/c1-7(2-5-11(15)16)14-10-4-3-8(13)6-9(10)12/h3-4,6-7,14H,2,5H2,1H3,(H,15,16). The van der Waals surface area contributed by atoms with Crippen molar-refractivity contribution in [1.29, 1.82) is 0 Å². The third-order valence-corrected chi connectivity index (χ3v) is 2.78. The normalized spacial score (nSPS) is 12.2. The fraction of sp³-hybridized carbons (Fsp3) is 0.364. The lowest BCUT2D eigenvalue weighted by Gasteiger charge is -2.15. The molecular weight excluding hydrogens is 277 g/mol. The van der Waals surface area contributed by atoms with Crippen LogP contribution in [0.5, 0.6) is 0 Å². The molecule has 0 spiro atoms. The molecule has 0 bridgehead atoms. The molecule has 0 saturated carbocycles. The van der Waals surface area contributed by atoms with E-state index in [4.69, 9.17) is 5.11 Å². The van der Waals surface area contributed by atoms with Crippen LogP contribution in [0, 0.1) is 5.82 Å². The minimum atomic E-state index is -0.813. The van der Waals surface area contributed by atoms with Crippen LogP contribution in [0.15, 0.2) is 22.7 Å². The second-order valence-corrected chi connectivity index (χ2v) is 4.46. The highest BCUT2D eigenvalue weighted by molar-refractivity contribution is 9.10. The Balaban J connectivity index is 2.55. The molecule has 0 amide bonds. The number of aliphatic carboxylic acids is 1. The first-order valence-corrected chi connectivity index (χ1v) is 5.71. The Kier molecular flexibility index (Phi) is 4.73. The van der Waals surface area contributed by atoms with Gasteiger partial charge in [-0.1, -0.05) is 0 Å². The zero-order valence-corrected chi connectivity index (χ0v) is 10.4. The molecule has 2 N–H and O–H groups in total. The van der Waals surface area contributed by atoms with Gasteiger partial charge in [0.25, 0.3) is 0 Å². The van der Waals surface area contributed by atoms with E-state index >= 15 is 0 Å². The average Bonchev–Trinajstić information content (AvgIpc) is 2.19. The zero-order chi connectivity index (χ0) is 12.1. The van der Waals surface area contributed by atoms with E-state index in [1.54, 1.807) is 6.07 Å². The molecule has 0 aromatic heterocycles. The Hall–Kier alpha value is -1.10. The molecular formula is C11H13BrFNO2. The molecule has 0 aliphatic rings. The van der Waals surface area contributed by atoms with E-state index in [-0.39, 0.29) is 18.3 Å². The second-order valence-electron chi connectivity index (χ2n) is 3.60. The van der Waals surface area contributed by atoms with E-state index in [9.17, 15) is 9.18 Å². The van der Waals surface area contributed by atoms with E-state index in [1.807, 2.05) is 6.92 Å². The molecule has 0 radical (unpaired) electrons. The highest BCUT2D eigenvalue weighted by Gasteiger charge is 2.07. The molecule has 0 heterocycles. The first-order chi connectivity index (χ1) is 7.49. The lowest BCUT2D eigenvalue weighted by Crippen LogP contribution is -2.16. The van der Waals surface area contributed by atoms with Gasteiger partial charge in [-0.3, -0.25) is 4.79 Å². The molecule has 88 valence electrons. The second kappa shape index (κ2) is 5.84. The minimum Gasteiger partial charge on any atom is -0.481 e. The molecule has 16 heavy (non-hydrogen) atoms. The monoisotopic (exact) mass is 289 g/mol. The summed E-state index contributed by atoms with van der Waals surface area (Å²) in [6.07, 6.45) is 0.645. The molecule has 1 unspecified atom stereocenters. The fourth-order valence-corrected chi connectivity index (χ4v) is 1.75. The molecule has 1 atom stereocenters. The van der Waals surface area contributed by atoms with Crippen molar-refractivity contribution in [3.8, 4) is 0 Å². The van der Waals surface area contributed by atoms with Crippen LogP contribution in [-0.4, -0.2) is 17.1 Å². The van der Waals surface area contributed by atoms with E-state index in [0.717, 1.165) is 5.69 Å². The van der Waals surface area contributed by atoms with Gasteiger partial charge in [-0.25, -0.2) is 4.39 Å². The predicted molar refractivity (Wildman–Crippen MR) is 64.1 cm³/mol. The van der Waals surface area contributed by atoms with Crippen molar-refractivity contribution in [2.45, 2.75) is 25.8 Å². The number of carboxylic acids is 1. The van der Waals surface area contributed by atoms with Crippen LogP contribution in [0.3, 0.4) is 0 Å². The number of hydrogen-bond acceptors (Lipinski definition) is 2. The summed E-state index contributed by atoms with van der Waals surface area (Å²) in [7, 11) is 0. The number of hydrogen-bond donors (Lipinski definition) is 2. The lowest BCUT2D eigenvalue weighted by molar-refractivity contribution is -0.137. The first-order valence-electron chi connectivity index (χ1n) is 4.92. The lowest BCUT2D eigenvalue weighted by atomic mass is 10.1. The zero-order valence-electron chi connectivity index (χ0n) is 8.84. The maximum absolute atomic E-state index is 12.8. The smallest absolute Gasteiger partial charge is 0.303 e. The van der Waals surface area contributed by atoms with Gasteiger partial charge in [0.15, 0.2) is 0 Å². The summed E-state index contributed by atoms with van der Waals surface area (Å²) in [6.45, 7) is 1.89. The van der Waals surface area contributed by atoms with Crippen molar-refractivity contribution >= 4 is 27.6 Å². The summed E-state index contributed by atoms with van der Waals surface area (Å²) in [6, 6.07) is 4.37. The molecule has 0 aliphatic carbocycles. The third-order valence-electron chi connectivity index (χ3n) is 2.12. The first kappa shape index (κ1) is 13.0. The van der Waals surface area contributed by atoms with Gasteiger partial charge in [-0.15, -0.1) is 0 Å². The third kappa shape index (κ3) is 4.18. The Morgan fingerprint density at radius 1 is 1.62 bits per heavy atom. The molecule has 1 aromatic rings. The summed E-state index contributed by atoms with van der Waals surface area (Å²) in [4.78, 5) is 10.4. The van der Waals surface area contributed by atoms with E-state index in [1.165, 1.54) is 12.1 Å². The van der Waals surface area contributed by atoms with Crippen molar-refractivity contribution in [2.24, 2.45) is 0 Å². The van der Waals surface area contributed by atoms with Crippen LogP contribution < -0.4 is 5.32 Å². The Morgan fingerprint density at radius 2 is 2.31 bits per heavy atom. The van der Waals surface area contributed by atoms with Crippen molar-refractivity contribution in [3.63, 3.8) is 0 Å². The van der Waals surface area contributed by atoms with Crippen LogP contribution in [0.2, 0.25) is 0 Å². The predicted octanol–water partition coefficient (Wildman–Crippen LogP) is 3.25. The van der Waals surface area contributed by atoms with Gasteiger partial charge in [0, 0.05) is 22.6 Å². The number of benzene rings is 1. The Morgan fingerprint density at radius 3 is 2.88 bits per heavy atom. The van der Waals surface area contributed by atoms with Gasteiger partial charge in [0.2, 0.25) is 0 Å². The van der Waals surface area contributed by atoms with Gasteiger partial charge in [-0.05, 0) is 47.5 Å². The quantitative estimate of drug-likeness (QED) is 0.875. The average molecular weight is 290 g/mol. The number of halogens is 2. The van der Waals surface area contributed by atoms with Gasteiger partial charge in [-0.2, -0.15) is 0 Å². The highest BCUT2D eigenvalue weighted by atomic mass is 79.9. The van der Waals surface area contributed by atoms with E-state index in [0.29, 0.717) is 10.9 Å². The molecule has 3 nitrogen and oxygen atoms in total. The number of carbonyl (C=O) groups is 1. The summed E-state index contributed by atoms with van der Waals surface area (Å²) >= 11 is 3.24. The SMILES string of the molecule is CC(CCC(=O)O)Nc1ccc(F)cc1Br. The van der Waals surface area contributed by atoms with Crippen molar-refractivity contribution in [2.75, 3.05) is 5.32 Å².